The van der Waals surface area contributed by atoms with Gasteiger partial charge in [-0.25, -0.2) is 0 Å². The molecule has 1 aliphatic heterocycles. The Bertz CT molecular complexity index is 834. The summed E-state index contributed by atoms with van der Waals surface area (Å²) in [7, 11) is 5.14. The van der Waals surface area contributed by atoms with Crippen LogP contribution < -0.4 is 29.7 Å². The molecule has 30 heavy (non-hydrogen) atoms. The zero-order valence-corrected chi connectivity index (χ0v) is 18.3. The maximum absolute atomic E-state index is 5.71. The Kier molecular flexibility index (Phi) is 7.65. The largest absolute Gasteiger partial charge is 0.497 e. The summed E-state index contributed by atoms with van der Waals surface area (Å²) in [5.41, 5.74) is 2.21. The van der Waals surface area contributed by atoms with Crippen molar-refractivity contribution >= 4 is 11.6 Å². The molecule has 3 rings (SSSR count). The van der Waals surface area contributed by atoms with Crippen LogP contribution in [0.2, 0.25) is 0 Å². The highest BCUT2D eigenvalue weighted by Gasteiger charge is 2.24. The number of hydrogen-bond donors (Lipinski definition) is 2. The Hall–Kier alpha value is -3.09. The Morgan fingerprint density at radius 2 is 1.87 bits per heavy atom. The number of methoxy groups -OCH3 is 2. The first kappa shape index (κ1) is 21.6. The molecule has 162 valence electrons. The maximum Gasteiger partial charge on any atom is 0.191 e. The zero-order valence-electron chi connectivity index (χ0n) is 18.3. The van der Waals surface area contributed by atoms with Gasteiger partial charge in [-0.3, -0.25) is 4.99 Å². The molecule has 1 atom stereocenters. The summed E-state index contributed by atoms with van der Waals surface area (Å²) in [4.78, 5) is 6.72. The number of rotatable bonds is 8. The standard InChI is InChI=1S/C23H32N4O3/c1-5-30-22-9-7-6-8-17(22)15-25-23(24-2)26-18-10-11-27(16-18)19-12-20(28-3)14-21(13-19)29-4/h6-9,12-14,18H,5,10-11,15-16H2,1-4H3,(H2,24,25,26). The Morgan fingerprint density at radius 3 is 2.53 bits per heavy atom. The molecule has 0 aliphatic carbocycles. The van der Waals surface area contributed by atoms with Crippen molar-refractivity contribution < 1.29 is 14.2 Å². The van der Waals surface area contributed by atoms with Crippen molar-refractivity contribution in [3.8, 4) is 17.2 Å². The van der Waals surface area contributed by atoms with Crippen LogP contribution in [0.25, 0.3) is 0 Å². The number of benzene rings is 2. The first-order chi connectivity index (χ1) is 14.7. The summed E-state index contributed by atoms with van der Waals surface area (Å²) in [5, 5.41) is 6.94. The summed E-state index contributed by atoms with van der Waals surface area (Å²) in [6, 6.07) is 14.4. The van der Waals surface area contributed by atoms with Gasteiger partial charge >= 0.3 is 0 Å². The van der Waals surface area contributed by atoms with E-state index < -0.39 is 0 Å². The van der Waals surface area contributed by atoms with Gasteiger partial charge in [0.25, 0.3) is 0 Å². The van der Waals surface area contributed by atoms with Crippen molar-refractivity contribution in [3.05, 3.63) is 48.0 Å². The molecule has 7 nitrogen and oxygen atoms in total. The lowest BCUT2D eigenvalue weighted by molar-refractivity contribution is 0.336. The highest BCUT2D eigenvalue weighted by atomic mass is 16.5. The van der Waals surface area contributed by atoms with Gasteiger partial charge in [0.05, 0.1) is 20.8 Å². The molecule has 1 fully saturated rings. The van der Waals surface area contributed by atoms with Gasteiger partial charge in [0, 0.05) is 62.2 Å². The predicted octanol–water partition coefficient (Wildman–Crippen LogP) is 3.05. The number of aliphatic imine (C=N–C) groups is 1. The minimum absolute atomic E-state index is 0.301. The number of nitrogens with one attached hydrogen (secondary N) is 2. The molecule has 0 bridgehead atoms. The SMILES string of the molecule is CCOc1ccccc1CNC(=NC)NC1CCN(c2cc(OC)cc(OC)c2)C1. The van der Waals surface area contributed by atoms with Crippen molar-refractivity contribution in [1.29, 1.82) is 0 Å². The van der Waals surface area contributed by atoms with Gasteiger partial charge in [-0.05, 0) is 19.4 Å². The average molecular weight is 413 g/mol. The molecule has 0 aromatic heterocycles. The summed E-state index contributed by atoms with van der Waals surface area (Å²) in [6.45, 7) is 5.13. The van der Waals surface area contributed by atoms with Crippen molar-refractivity contribution in [2.24, 2.45) is 4.99 Å². The smallest absolute Gasteiger partial charge is 0.191 e. The van der Waals surface area contributed by atoms with E-state index in [1.807, 2.05) is 43.3 Å². The molecule has 7 heteroatoms. The van der Waals surface area contributed by atoms with Gasteiger partial charge in [-0.2, -0.15) is 0 Å². The molecule has 1 aliphatic rings. The van der Waals surface area contributed by atoms with Gasteiger partial charge in [0.15, 0.2) is 5.96 Å². The molecule has 0 spiro atoms. The third-order valence-electron chi connectivity index (χ3n) is 5.17. The number of nitrogens with zero attached hydrogens (tertiary/aromatic N) is 2. The van der Waals surface area contributed by atoms with Crippen molar-refractivity contribution in [2.45, 2.75) is 25.9 Å². The Labute approximate surface area is 179 Å². The molecule has 1 heterocycles. The van der Waals surface area contributed by atoms with Crippen LogP contribution in [-0.4, -0.2) is 53.0 Å². The van der Waals surface area contributed by atoms with Crippen molar-refractivity contribution in [2.75, 3.05) is 45.9 Å². The number of anilines is 1. The first-order valence-electron chi connectivity index (χ1n) is 10.3. The lowest BCUT2D eigenvalue weighted by atomic mass is 10.2. The molecular weight excluding hydrogens is 380 g/mol. The fourth-order valence-electron chi connectivity index (χ4n) is 3.60. The molecule has 2 aromatic rings. The average Bonchev–Trinajstić information content (AvgIpc) is 3.26. The molecule has 0 saturated carbocycles. The second kappa shape index (κ2) is 10.6. The monoisotopic (exact) mass is 412 g/mol. The van der Waals surface area contributed by atoms with Crippen LogP contribution in [0, 0.1) is 0 Å². The van der Waals surface area contributed by atoms with Crippen LogP contribution in [0.5, 0.6) is 17.2 Å². The number of guanidine groups is 1. The molecular formula is C23H32N4O3. The van der Waals surface area contributed by atoms with Crippen LogP contribution in [0.1, 0.15) is 18.9 Å². The van der Waals surface area contributed by atoms with E-state index in [-0.39, 0.29) is 0 Å². The number of para-hydroxylation sites is 1. The maximum atomic E-state index is 5.71. The van der Waals surface area contributed by atoms with Crippen LogP contribution in [-0.2, 0) is 6.54 Å². The molecule has 2 N–H and O–H groups in total. The summed E-state index contributed by atoms with van der Waals surface area (Å²) in [5.74, 6) is 3.29. The van der Waals surface area contributed by atoms with Gasteiger partial charge in [0.2, 0.25) is 0 Å². The van der Waals surface area contributed by atoms with Crippen LogP contribution >= 0.6 is 0 Å². The minimum atomic E-state index is 0.301. The van der Waals surface area contributed by atoms with E-state index in [1.54, 1.807) is 21.3 Å². The minimum Gasteiger partial charge on any atom is -0.497 e. The second-order valence-corrected chi connectivity index (χ2v) is 7.11. The Balaban J connectivity index is 1.58. The highest BCUT2D eigenvalue weighted by Crippen LogP contribution is 2.30. The Morgan fingerprint density at radius 1 is 1.13 bits per heavy atom. The fourth-order valence-corrected chi connectivity index (χ4v) is 3.60. The summed E-state index contributed by atoms with van der Waals surface area (Å²) < 4.78 is 16.5. The van der Waals surface area contributed by atoms with Gasteiger partial charge in [0.1, 0.15) is 17.2 Å². The number of hydrogen-bond acceptors (Lipinski definition) is 5. The normalized spacial score (nSPS) is 16.3. The molecule has 0 radical (unpaired) electrons. The summed E-state index contributed by atoms with van der Waals surface area (Å²) >= 11 is 0. The van der Waals surface area contributed by atoms with Crippen molar-refractivity contribution in [3.63, 3.8) is 0 Å². The molecule has 2 aromatic carbocycles. The fraction of sp³-hybridized carbons (Fsp3) is 0.435. The van der Waals surface area contributed by atoms with Gasteiger partial charge in [-0.15, -0.1) is 0 Å². The quantitative estimate of drug-likeness (QED) is 0.513. The molecule has 1 unspecified atom stereocenters. The zero-order chi connectivity index (χ0) is 21.3. The topological polar surface area (TPSA) is 67.4 Å². The van der Waals surface area contributed by atoms with E-state index in [0.717, 1.165) is 54.0 Å². The van der Waals surface area contributed by atoms with E-state index in [9.17, 15) is 0 Å². The van der Waals surface area contributed by atoms with Crippen LogP contribution in [0.4, 0.5) is 5.69 Å². The predicted molar refractivity (Wildman–Crippen MR) is 121 cm³/mol. The highest BCUT2D eigenvalue weighted by molar-refractivity contribution is 5.80. The lowest BCUT2D eigenvalue weighted by Crippen LogP contribution is -2.44. The van der Waals surface area contributed by atoms with E-state index >= 15 is 0 Å². The second-order valence-electron chi connectivity index (χ2n) is 7.11. The van der Waals surface area contributed by atoms with E-state index in [4.69, 9.17) is 14.2 Å². The first-order valence-corrected chi connectivity index (χ1v) is 10.3. The van der Waals surface area contributed by atoms with Gasteiger partial charge < -0.3 is 29.7 Å². The van der Waals surface area contributed by atoms with E-state index in [1.165, 1.54) is 0 Å². The molecule has 1 saturated heterocycles. The van der Waals surface area contributed by atoms with E-state index in [2.05, 4.69) is 26.6 Å². The van der Waals surface area contributed by atoms with Crippen LogP contribution in [0.15, 0.2) is 47.5 Å². The van der Waals surface area contributed by atoms with Gasteiger partial charge in [-0.1, -0.05) is 18.2 Å². The third kappa shape index (κ3) is 5.49. The van der Waals surface area contributed by atoms with Crippen molar-refractivity contribution in [1.82, 2.24) is 10.6 Å². The summed E-state index contributed by atoms with van der Waals surface area (Å²) in [6.07, 6.45) is 1.02. The number of ether oxygens (including phenoxy) is 3. The van der Waals surface area contributed by atoms with Crippen LogP contribution in [0.3, 0.4) is 0 Å². The lowest BCUT2D eigenvalue weighted by Gasteiger charge is -2.21. The molecule has 0 amide bonds. The van der Waals surface area contributed by atoms with E-state index in [0.29, 0.717) is 19.2 Å². The third-order valence-corrected chi connectivity index (χ3v) is 5.17.